The van der Waals surface area contributed by atoms with E-state index in [1.165, 1.54) is 0 Å². The summed E-state index contributed by atoms with van der Waals surface area (Å²) < 4.78 is 1.05. The lowest BCUT2D eigenvalue weighted by molar-refractivity contribution is 0.0941. The lowest BCUT2D eigenvalue weighted by Gasteiger charge is -2.11. The Balaban J connectivity index is 0.00000196. The predicted molar refractivity (Wildman–Crippen MR) is 72.4 cm³/mol. The Bertz CT molecular complexity index is 333. The fourth-order valence-electron chi connectivity index (χ4n) is 0.996. The largest absolute Gasteiger partial charge is 0.348 e. The fourth-order valence-corrected chi connectivity index (χ4v) is 1.54. The van der Waals surface area contributed by atoms with Crippen LogP contribution >= 0.6 is 35.0 Å². The van der Waals surface area contributed by atoms with E-state index in [-0.39, 0.29) is 24.4 Å². The summed E-state index contributed by atoms with van der Waals surface area (Å²) in [6, 6.07) is 7.47. The first kappa shape index (κ1) is 14.7. The summed E-state index contributed by atoms with van der Waals surface area (Å²) in [6.07, 6.45) is 0. The maximum Gasteiger partial charge on any atom is 0.251 e. The van der Waals surface area contributed by atoms with Crippen molar-refractivity contribution in [2.24, 2.45) is 5.73 Å². The molecule has 84 valence electrons. The van der Waals surface area contributed by atoms with E-state index in [2.05, 4.69) is 27.9 Å². The molecule has 0 aromatic heterocycles. The van der Waals surface area contributed by atoms with Crippen molar-refractivity contribution in [1.29, 1.82) is 0 Å². The molecule has 1 aromatic carbocycles. The van der Waals surface area contributed by atoms with Crippen molar-refractivity contribution in [2.45, 2.75) is 13.0 Å². The Morgan fingerprint density at radius 2 is 2.27 bits per heavy atom. The van der Waals surface area contributed by atoms with Gasteiger partial charge in [0.2, 0.25) is 0 Å². The average molecular weight is 341 g/mol. The van der Waals surface area contributed by atoms with E-state index in [1.807, 2.05) is 25.1 Å². The molecule has 0 spiro atoms. The van der Waals surface area contributed by atoms with Crippen molar-refractivity contribution >= 4 is 40.9 Å². The number of nitrogens with two attached hydrogens (primary N) is 1. The van der Waals surface area contributed by atoms with Gasteiger partial charge in [-0.3, -0.25) is 4.79 Å². The molecule has 0 fully saturated rings. The zero-order valence-corrected chi connectivity index (χ0v) is 11.3. The number of halogens is 2. The number of rotatable bonds is 3. The molecule has 0 aliphatic carbocycles. The highest BCUT2D eigenvalue weighted by Gasteiger charge is 2.07. The van der Waals surface area contributed by atoms with Crippen LogP contribution in [-0.2, 0) is 0 Å². The summed E-state index contributed by atoms with van der Waals surface area (Å²) >= 11 is 2.18. The first-order valence-corrected chi connectivity index (χ1v) is 5.48. The highest BCUT2D eigenvalue weighted by molar-refractivity contribution is 14.1. The molecule has 1 aromatic rings. The van der Waals surface area contributed by atoms with E-state index in [9.17, 15) is 4.79 Å². The van der Waals surface area contributed by atoms with Gasteiger partial charge in [0.05, 0.1) is 0 Å². The Labute approximate surface area is 109 Å². The van der Waals surface area contributed by atoms with Crippen molar-refractivity contribution in [2.75, 3.05) is 6.54 Å². The summed E-state index contributed by atoms with van der Waals surface area (Å²) in [5, 5.41) is 2.81. The lowest BCUT2D eigenvalue weighted by atomic mass is 10.2. The molecule has 1 amide bonds. The Kier molecular flexibility index (Phi) is 6.87. The molecule has 3 N–H and O–H groups in total. The molecular formula is C10H14ClIN2O. The maximum absolute atomic E-state index is 11.6. The summed E-state index contributed by atoms with van der Waals surface area (Å²) in [4.78, 5) is 11.6. The smallest absolute Gasteiger partial charge is 0.251 e. The summed E-state index contributed by atoms with van der Waals surface area (Å²) in [5.41, 5.74) is 6.09. The Morgan fingerprint density at radius 3 is 2.80 bits per heavy atom. The number of carbonyl (C=O) groups excluding carboxylic acids is 1. The van der Waals surface area contributed by atoms with Crippen LogP contribution in [0.5, 0.6) is 0 Å². The van der Waals surface area contributed by atoms with E-state index >= 15 is 0 Å². The van der Waals surface area contributed by atoms with Crippen LogP contribution in [0.4, 0.5) is 0 Å². The van der Waals surface area contributed by atoms with Gasteiger partial charge in [-0.2, -0.15) is 0 Å². The first-order chi connectivity index (χ1) is 6.63. The van der Waals surface area contributed by atoms with E-state index in [1.54, 1.807) is 6.07 Å². The molecule has 0 radical (unpaired) electrons. The molecule has 1 rings (SSSR count). The molecule has 0 unspecified atom stereocenters. The van der Waals surface area contributed by atoms with E-state index in [4.69, 9.17) is 5.73 Å². The zero-order valence-electron chi connectivity index (χ0n) is 8.37. The van der Waals surface area contributed by atoms with Gasteiger partial charge in [-0.05, 0) is 47.7 Å². The van der Waals surface area contributed by atoms with Crippen molar-refractivity contribution in [3.05, 3.63) is 33.4 Å². The minimum Gasteiger partial charge on any atom is -0.348 e. The zero-order chi connectivity index (χ0) is 10.6. The van der Waals surface area contributed by atoms with Crippen molar-refractivity contribution in [3.63, 3.8) is 0 Å². The number of hydrogen-bond donors (Lipinski definition) is 2. The van der Waals surface area contributed by atoms with Gasteiger partial charge in [-0.15, -0.1) is 12.4 Å². The molecule has 15 heavy (non-hydrogen) atoms. The third-order valence-electron chi connectivity index (χ3n) is 1.82. The molecule has 0 heterocycles. The second kappa shape index (κ2) is 7.03. The quantitative estimate of drug-likeness (QED) is 0.824. The first-order valence-electron chi connectivity index (χ1n) is 4.40. The van der Waals surface area contributed by atoms with Crippen LogP contribution in [0.15, 0.2) is 24.3 Å². The second-order valence-electron chi connectivity index (χ2n) is 3.12. The Hall–Kier alpha value is -0.330. The highest BCUT2D eigenvalue weighted by atomic mass is 127. The molecule has 0 aliphatic rings. The number of nitrogens with one attached hydrogen (secondary N) is 1. The van der Waals surface area contributed by atoms with Gasteiger partial charge in [0.15, 0.2) is 0 Å². The van der Waals surface area contributed by atoms with Gasteiger partial charge in [-0.25, -0.2) is 0 Å². The topological polar surface area (TPSA) is 55.1 Å². The normalized spacial score (nSPS) is 11.4. The summed E-state index contributed by atoms with van der Waals surface area (Å²) in [6.45, 7) is 2.33. The van der Waals surface area contributed by atoms with Crippen LogP contribution in [0, 0.1) is 3.57 Å². The van der Waals surface area contributed by atoms with Crippen molar-refractivity contribution in [1.82, 2.24) is 5.32 Å². The average Bonchev–Trinajstić information content (AvgIpc) is 2.17. The third kappa shape index (κ3) is 4.81. The van der Waals surface area contributed by atoms with Crippen LogP contribution in [0.25, 0.3) is 0 Å². The van der Waals surface area contributed by atoms with Crippen LogP contribution in [0.2, 0.25) is 0 Å². The van der Waals surface area contributed by atoms with Crippen LogP contribution in [-0.4, -0.2) is 18.5 Å². The number of carbonyl (C=O) groups is 1. The molecule has 0 saturated carbocycles. The van der Waals surface area contributed by atoms with E-state index in [0.29, 0.717) is 12.1 Å². The number of benzene rings is 1. The highest BCUT2D eigenvalue weighted by Crippen LogP contribution is 2.07. The van der Waals surface area contributed by atoms with Crippen molar-refractivity contribution in [3.8, 4) is 0 Å². The van der Waals surface area contributed by atoms with Gasteiger partial charge in [0, 0.05) is 21.7 Å². The van der Waals surface area contributed by atoms with Crippen LogP contribution in [0.3, 0.4) is 0 Å². The van der Waals surface area contributed by atoms with Gasteiger partial charge in [0.25, 0.3) is 5.91 Å². The standard InChI is InChI=1S/C10H13IN2O.ClH/c1-7(6-12)13-10(14)8-3-2-4-9(11)5-8;/h2-5,7H,6,12H2,1H3,(H,13,14);1H/t7-;/m1./s1. The fraction of sp³-hybridized carbons (Fsp3) is 0.300. The maximum atomic E-state index is 11.6. The van der Waals surface area contributed by atoms with Crippen molar-refractivity contribution < 1.29 is 4.79 Å². The van der Waals surface area contributed by atoms with E-state index < -0.39 is 0 Å². The summed E-state index contributed by atoms with van der Waals surface area (Å²) in [7, 11) is 0. The number of amides is 1. The summed E-state index contributed by atoms with van der Waals surface area (Å²) in [5.74, 6) is -0.0681. The monoisotopic (exact) mass is 340 g/mol. The van der Waals surface area contributed by atoms with Gasteiger partial charge < -0.3 is 11.1 Å². The second-order valence-corrected chi connectivity index (χ2v) is 4.37. The lowest BCUT2D eigenvalue weighted by Crippen LogP contribution is -2.37. The van der Waals surface area contributed by atoms with Crippen LogP contribution < -0.4 is 11.1 Å². The molecule has 0 bridgehead atoms. The molecule has 5 heteroatoms. The Morgan fingerprint density at radius 1 is 1.60 bits per heavy atom. The minimum absolute atomic E-state index is 0. The molecular weight excluding hydrogens is 326 g/mol. The number of hydrogen-bond acceptors (Lipinski definition) is 2. The SMILES string of the molecule is C[C@H](CN)NC(=O)c1cccc(I)c1.Cl. The van der Waals surface area contributed by atoms with Gasteiger partial charge in [-0.1, -0.05) is 6.07 Å². The van der Waals surface area contributed by atoms with Gasteiger partial charge in [0.1, 0.15) is 0 Å². The molecule has 0 saturated heterocycles. The minimum atomic E-state index is -0.0681. The van der Waals surface area contributed by atoms with Gasteiger partial charge >= 0.3 is 0 Å². The third-order valence-corrected chi connectivity index (χ3v) is 2.49. The van der Waals surface area contributed by atoms with Crippen LogP contribution in [0.1, 0.15) is 17.3 Å². The molecule has 0 aliphatic heterocycles. The molecule has 1 atom stereocenters. The van der Waals surface area contributed by atoms with E-state index in [0.717, 1.165) is 3.57 Å². The predicted octanol–water partition coefficient (Wildman–Crippen LogP) is 1.79. The molecule has 3 nitrogen and oxygen atoms in total.